The largest absolute Gasteiger partial charge is 0.494 e. The summed E-state index contributed by atoms with van der Waals surface area (Å²) in [7, 11) is 0. The minimum Gasteiger partial charge on any atom is -0.494 e. The first-order valence-corrected chi connectivity index (χ1v) is 11.0. The van der Waals surface area contributed by atoms with Gasteiger partial charge in [-0.05, 0) is 31.0 Å². The maximum Gasteiger partial charge on any atom is 0.124 e. The molecule has 2 aromatic carbocycles. The van der Waals surface area contributed by atoms with Crippen LogP contribution in [0.3, 0.4) is 0 Å². The Kier molecular flexibility index (Phi) is 11.0. The van der Waals surface area contributed by atoms with Crippen molar-refractivity contribution in [3.05, 3.63) is 54.1 Å². The van der Waals surface area contributed by atoms with Crippen molar-refractivity contribution in [2.75, 3.05) is 18.5 Å². The Morgan fingerprint density at radius 2 is 1.43 bits per heavy atom. The lowest BCUT2D eigenvalue weighted by molar-refractivity contribution is 0.302. The monoisotopic (exact) mass is 383 g/mol. The lowest BCUT2D eigenvalue weighted by Crippen LogP contribution is -2.05. The Hall–Kier alpha value is -2.16. The molecule has 0 saturated heterocycles. The summed E-state index contributed by atoms with van der Waals surface area (Å²) in [6.45, 7) is 6.78. The van der Waals surface area contributed by atoms with E-state index in [-0.39, 0.29) is 0 Å². The van der Waals surface area contributed by atoms with E-state index in [9.17, 15) is 0 Å². The molecule has 0 atom stereocenters. The molecule has 0 aliphatic rings. The Morgan fingerprint density at radius 1 is 0.714 bits per heavy atom. The first-order valence-electron chi connectivity index (χ1n) is 11.0. The Labute approximate surface area is 171 Å². The van der Waals surface area contributed by atoms with E-state index in [4.69, 9.17) is 9.47 Å². The smallest absolute Gasteiger partial charge is 0.124 e. The van der Waals surface area contributed by atoms with Crippen LogP contribution in [0.2, 0.25) is 0 Å². The quantitative estimate of drug-likeness (QED) is 0.329. The van der Waals surface area contributed by atoms with Gasteiger partial charge in [-0.15, -0.1) is 0 Å². The number of ether oxygens (including phenoxy) is 2. The highest BCUT2D eigenvalue weighted by molar-refractivity contribution is 5.49. The van der Waals surface area contributed by atoms with Crippen molar-refractivity contribution >= 4 is 5.69 Å². The third kappa shape index (κ3) is 8.69. The molecule has 154 valence electrons. The fourth-order valence-electron chi connectivity index (χ4n) is 3.11. The molecule has 0 saturated carbocycles. The third-order valence-electron chi connectivity index (χ3n) is 4.81. The summed E-state index contributed by atoms with van der Waals surface area (Å²) in [6, 6.07) is 16.5. The van der Waals surface area contributed by atoms with Crippen LogP contribution in [-0.4, -0.2) is 13.2 Å². The van der Waals surface area contributed by atoms with E-state index in [0.29, 0.717) is 0 Å². The molecule has 0 radical (unpaired) electrons. The summed E-state index contributed by atoms with van der Waals surface area (Å²) in [5.41, 5.74) is 2.26. The van der Waals surface area contributed by atoms with Gasteiger partial charge in [0.25, 0.3) is 0 Å². The van der Waals surface area contributed by atoms with E-state index in [0.717, 1.165) is 49.8 Å². The number of para-hydroxylation sites is 1. The first kappa shape index (κ1) is 22.1. The molecule has 28 heavy (non-hydrogen) atoms. The van der Waals surface area contributed by atoms with Crippen LogP contribution >= 0.6 is 0 Å². The third-order valence-corrected chi connectivity index (χ3v) is 4.81. The van der Waals surface area contributed by atoms with Crippen LogP contribution in [0.25, 0.3) is 0 Å². The molecular formula is C25H37NO2. The van der Waals surface area contributed by atoms with Gasteiger partial charge in [0.15, 0.2) is 0 Å². The topological polar surface area (TPSA) is 30.5 Å². The molecule has 2 aromatic rings. The maximum atomic E-state index is 6.02. The normalized spacial score (nSPS) is 10.6. The van der Waals surface area contributed by atoms with E-state index >= 15 is 0 Å². The Bertz CT molecular complexity index is 657. The zero-order valence-corrected chi connectivity index (χ0v) is 17.7. The van der Waals surface area contributed by atoms with E-state index in [2.05, 4.69) is 49.5 Å². The fraction of sp³-hybridized carbons (Fsp3) is 0.520. The number of unbranched alkanes of at least 4 members (excludes halogenated alkanes) is 6. The highest BCUT2D eigenvalue weighted by atomic mass is 16.5. The van der Waals surface area contributed by atoms with E-state index in [1.807, 2.05) is 18.2 Å². The molecule has 0 spiro atoms. The van der Waals surface area contributed by atoms with Crippen LogP contribution in [0.4, 0.5) is 5.69 Å². The Morgan fingerprint density at radius 3 is 2.18 bits per heavy atom. The summed E-state index contributed by atoms with van der Waals surface area (Å²) < 4.78 is 11.9. The van der Waals surface area contributed by atoms with Crippen molar-refractivity contribution in [3.63, 3.8) is 0 Å². The van der Waals surface area contributed by atoms with E-state index < -0.39 is 0 Å². The van der Waals surface area contributed by atoms with E-state index in [1.165, 1.54) is 44.1 Å². The van der Waals surface area contributed by atoms with Crippen molar-refractivity contribution < 1.29 is 9.47 Å². The standard InChI is InChI=1S/C25H37NO2/c1-3-5-7-11-18-27-24-16-13-15-23(20-24)26-21-22-14-9-10-17-25(22)28-19-12-8-6-4-2/h9-10,13-17,20,26H,3-8,11-12,18-19,21H2,1-2H3. The van der Waals surface area contributed by atoms with Crippen molar-refractivity contribution in [1.29, 1.82) is 0 Å². The van der Waals surface area contributed by atoms with Gasteiger partial charge in [-0.25, -0.2) is 0 Å². The minimum absolute atomic E-state index is 0.741. The van der Waals surface area contributed by atoms with Crippen LogP contribution in [0.15, 0.2) is 48.5 Å². The molecule has 0 unspecified atom stereocenters. The van der Waals surface area contributed by atoms with Crippen molar-refractivity contribution in [3.8, 4) is 11.5 Å². The lowest BCUT2D eigenvalue weighted by atomic mass is 10.2. The van der Waals surface area contributed by atoms with Crippen molar-refractivity contribution in [2.24, 2.45) is 0 Å². The number of hydrogen-bond donors (Lipinski definition) is 1. The fourth-order valence-corrected chi connectivity index (χ4v) is 3.11. The number of nitrogens with one attached hydrogen (secondary N) is 1. The van der Waals surface area contributed by atoms with Crippen molar-refractivity contribution in [1.82, 2.24) is 0 Å². The molecule has 1 N–H and O–H groups in total. The number of hydrogen-bond acceptors (Lipinski definition) is 3. The Balaban J connectivity index is 1.80. The lowest BCUT2D eigenvalue weighted by Gasteiger charge is -2.13. The predicted octanol–water partition coefficient (Wildman–Crippen LogP) is 7.22. The minimum atomic E-state index is 0.741. The number of rotatable bonds is 15. The molecule has 0 heterocycles. The van der Waals surface area contributed by atoms with Gasteiger partial charge in [0.1, 0.15) is 11.5 Å². The summed E-state index contributed by atoms with van der Waals surface area (Å²) in [5.74, 6) is 1.91. The number of benzene rings is 2. The summed E-state index contributed by atoms with van der Waals surface area (Å²) in [4.78, 5) is 0. The summed E-state index contributed by atoms with van der Waals surface area (Å²) in [6.07, 6.45) is 9.79. The van der Waals surface area contributed by atoms with Crippen LogP contribution in [0.1, 0.15) is 70.8 Å². The van der Waals surface area contributed by atoms with Gasteiger partial charge in [0.2, 0.25) is 0 Å². The van der Waals surface area contributed by atoms with Gasteiger partial charge < -0.3 is 14.8 Å². The second-order valence-corrected chi connectivity index (χ2v) is 7.31. The van der Waals surface area contributed by atoms with Gasteiger partial charge in [-0.3, -0.25) is 0 Å². The molecular weight excluding hydrogens is 346 g/mol. The van der Waals surface area contributed by atoms with Gasteiger partial charge in [0, 0.05) is 23.9 Å². The molecule has 0 bridgehead atoms. The average molecular weight is 384 g/mol. The first-order chi connectivity index (χ1) is 13.8. The van der Waals surface area contributed by atoms with Crippen LogP contribution < -0.4 is 14.8 Å². The van der Waals surface area contributed by atoms with Gasteiger partial charge in [0.05, 0.1) is 13.2 Å². The molecule has 0 fully saturated rings. The van der Waals surface area contributed by atoms with E-state index in [1.54, 1.807) is 0 Å². The van der Waals surface area contributed by atoms with Crippen LogP contribution in [0, 0.1) is 0 Å². The van der Waals surface area contributed by atoms with Gasteiger partial charge in [-0.1, -0.05) is 76.6 Å². The molecule has 3 heteroatoms. The molecule has 2 rings (SSSR count). The van der Waals surface area contributed by atoms with Gasteiger partial charge >= 0.3 is 0 Å². The van der Waals surface area contributed by atoms with Crippen LogP contribution in [-0.2, 0) is 6.54 Å². The van der Waals surface area contributed by atoms with Crippen molar-refractivity contribution in [2.45, 2.75) is 71.8 Å². The maximum absolute atomic E-state index is 6.02. The van der Waals surface area contributed by atoms with Gasteiger partial charge in [-0.2, -0.15) is 0 Å². The molecule has 0 amide bonds. The predicted molar refractivity (Wildman–Crippen MR) is 119 cm³/mol. The zero-order chi connectivity index (χ0) is 19.9. The number of anilines is 1. The SMILES string of the molecule is CCCCCCOc1cccc(NCc2ccccc2OCCCCCC)c1. The molecule has 0 aliphatic heterocycles. The molecule has 3 nitrogen and oxygen atoms in total. The molecule has 0 aliphatic carbocycles. The molecule has 0 aromatic heterocycles. The van der Waals surface area contributed by atoms with Crippen LogP contribution in [0.5, 0.6) is 11.5 Å². The summed E-state index contributed by atoms with van der Waals surface area (Å²) in [5, 5.41) is 3.50. The zero-order valence-electron chi connectivity index (χ0n) is 17.7. The summed E-state index contributed by atoms with van der Waals surface area (Å²) >= 11 is 0. The second-order valence-electron chi connectivity index (χ2n) is 7.31. The highest BCUT2D eigenvalue weighted by Gasteiger charge is 2.04. The highest BCUT2D eigenvalue weighted by Crippen LogP contribution is 2.22. The average Bonchev–Trinajstić information content (AvgIpc) is 2.73. The second kappa shape index (κ2) is 13.9.